The monoisotopic (exact) mass is 370 g/mol. The van der Waals surface area contributed by atoms with Gasteiger partial charge in [-0.2, -0.15) is 0 Å². The minimum atomic E-state index is -0.700. The predicted octanol–water partition coefficient (Wildman–Crippen LogP) is 5.03. The lowest BCUT2D eigenvalue weighted by atomic mass is 9.68. The van der Waals surface area contributed by atoms with Gasteiger partial charge in [-0.25, -0.2) is 4.79 Å². The summed E-state index contributed by atoms with van der Waals surface area (Å²) in [5.41, 5.74) is 0.200. The largest absolute Gasteiger partial charge is 0.497 e. The number of ether oxygens (including phenoxy) is 2. The van der Waals surface area contributed by atoms with Crippen LogP contribution in [0.15, 0.2) is 54.6 Å². The molecule has 2 aromatic carbocycles. The van der Waals surface area contributed by atoms with Crippen molar-refractivity contribution in [3.63, 3.8) is 0 Å². The van der Waals surface area contributed by atoms with E-state index >= 15 is 0 Å². The van der Waals surface area contributed by atoms with Gasteiger partial charge in [0, 0.05) is 5.41 Å². The van der Waals surface area contributed by atoms with Crippen molar-refractivity contribution in [3.05, 3.63) is 65.7 Å². The highest BCUT2D eigenvalue weighted by molar-refractivity contribution is 5.90. The van der Waals surface area contributed by atoms with Crippen LogP contribution in [0.4, 0.5) is 0 Å². The lowest BCUT2D eigenvalue weighted by molar-refractivity contribution is -0.103. The van der Waals surface area contributed by atoms with E-state index < -0.39 is 23.6 Å². The maximum atomic E-state index is 12.9. The van der Waals surface area contributed by atoms with Crippen LogP contribution in [-0.2, 0) is 4.74 Å². The van der Waals surface area contributed by atoms with E-state index in [1.54, 1.807) is 31.4 Å². The fourth-order valence-electron chi connectivity index (χ4n) is 3.46. The number of methoxy groups -OCH3 is 1. The maximum Gasteiger partial charge on any atom is 0.338 e. The zero-order valence-electron chi connectivity index (χ0n) is 17.0. The SMILES string of the molecule is COc1cccc(C(=O)OC(c2ccccc2)C(C)(C)C(O)C(C)(C)C)c1. The number of hydrogen-bond acceptors (Lipinski definition) is 4. The van der Waals surface area contributed by atoms with E-state index in [1.807, 2.05) is 65.0 Å². The zero-order valence-corrected chi connectivity index (χ0v) is 17.0. The van der Waals surface area contributed by atoms with Crippen molar-refractivity contribution < 1.29 is 19.4 Å². The number of carbonyl (C=O) groups is 1. The third-order valence-electron chi connectivity index (χ3n) is 4.83. The van der Waals surface area contributed by atoms with Crippen molar-refractivity contribution in [2.45, 2.75) is 46.8 Å². The highest BCUT2D eigenvalue weighted by Crippen LogP contribution is 2.45. The number of rotatable bonds is 6. The number of esters is 1. The molecular weight excluding hydrogens is 340 g/mol. The molecule has 2 unspecified atom stereocenters. The molecule has 0 saturated carbocycles. The first kappa shape index (κ1) is 21.0. The average molecular weight is 370 g/mol. The summed E-state index contributed by atoms with van der Waals surface area (Å²) in [4.78, 5) is 12.9. The van der Waals surface area contributed by atoms with Gasteiger partial charge in [0.25, 0.3) is 0 Å². The van der Waals surface area contributed by atoms with Crippen LogP contribution in [0.1, 0.15) is 56.6 Å². The summed E-state index contributed by atoms with van der Waals surface area (Å²) < 4.78 is 11.1. The van der Waals surface area contributed by atoms with Gasteiger partial charge in [-0.3, -0.25) is 0 Å². The molecule has 0 bridgehead atoms. The van der Waals surface area contributed by atoms with Crippen molar-refractivity contribution in [2.24, 2.45) is 10.8 Å². The molecule has 0 aliphatic rings. The van der Waals surface area contributed by atoms with Crippen molar-refractivity contribution in [1.82, 2.24) is 0 Å². The second kappa shape index (κ2) is 8.13. The average Bonchev–Trinajstić information content (AvgIpc) is 2.65. The Balaban J connectivity index is 2.40. The Kier molecular flexibility index (Phi) is 6.32. The summed E-state index contributed by atoms with van der Waals surface area (Å²) in [6.45, 7) is 9.79. The molecule has 2 atom stereocenters. The van der Waals surface area contributed by atoms with Crippen molar-refractivity contribution >= 4 is 5.97 Å². The van der Waals surface area contributed by atoms with Crippen LogP contribution < -0.4 is 4.74 Å². The van der Waals surface area contributed by atoms with Gasteiger partial charge in [-0.05, 0) is 29.2 Å². The number of hydrogen-bond donors (Lipinski definition) is 1. The normalized spacial score (nSPS) is 14.3. The third-order valence-corrected chi connectivity index (χ3v) is 4.83. The molecule has 0 aliphatic heterocycles. The van der Waals surface area contributed by atoms with Crippen LogP contribution in [0.2, 0.25) is 0 Å². The number of aliphatic hydroxyl groups is 1. The first-order valence-electron chi connectivity index (χ1n) is 9.15. The Hall–Kier alpha value is -2.33. The third kappa shape index (κ3) is 4.89. The Morgan fingerprint density at radius 1 is 0.963 bits per heavy atom. The second-order valence-electron chi connectivity index (χ2n) is 8.52. The minimum absolute atomic E-state index is 0.362. The summed E-state index contributed by atoms with van der Waals surface area (Å²) in [5.74, 6) is 0.145. The Labute approximate surface area is 162 Å². The highest BCUT2D eigenvalue weighted by Gasteiger charge is 2.45. The van der Waals surface area contributed by atoms with Gasteiger partial charge in [0.2, 0.25) is 0 Å². The molecule has 0 heterocycles. The molecular formula is C23H30O4. The van der Waals surface area contributed by atoms with Gasteiger partial charge in [0.1, 0.15) is 11.9 Å². The molecule has 0 aliphatic carbocycles. The van der Waals surface area contributed by atoms with E-state index in [4.69, 9.17) is 9.47 Å². The second-order valence-corrected chi connectivity index (χ2v) is 8.52. The smallest absolute Gasteiger partial charge is 0.338 e. The molecule has 2 rings (SSSR count). The Bertz CT molecular complexity index is 759. The van der Waals surface area contributed by atoms with Gasteiger partial charge in [-0.15, -0.1) is 0 Å². The van der Waals surface area contributed by atoms with Crippen LogP contribution >= 0.6 is 0 Å². The number of carbonyl (C=O) groups excluding carboxylic acids is 1. The van der Waals surface area contributed by atoms with E-state index in [-0.39, 0.29) is 5.41 Å². The fourth-order valence-corrected chi connectivity index (χ4v) is 3.46. The van der Waals surface area contributed by atoms with Gasteiger partial charge >= 0.3 is 5.97 Å². The molecule has 27 heavy (non-hydrogen) atoms. The highest BCUT2D eigenvalue weighted by atomic mass is 16.5. The fraction of sp³-hybridized carbons (Fsp3) is 0.435. The van der Waals surface area contributed by atoms with Gasteiger partial charge in [-0.1, -0.05) is 71.0 Å². The molecule has 146 valence electrons. The van der Waals surface area contributed by atoms with Crippen LogP contribution in [0.5, 0.6) is 5.75 Å². The van der Waals surface area contributed by atoms with Crippen molar-refractivity contribution in [2.75, 3.05) is 7.11 Å². The summed E-state index contributed by atoms with van der Waals surface area (Å²) in [7, 11) is 1.56. The molecule has 4 heteroatoms. The molecule has 2 aromatic rings. The van der Waals surface area contributed by atoms with Crippen LogP contribution in [0, 0.1) is 10.8 Å². The summed E-state index contributed by atoms with van der Waals surface area (Å²) in [6.07, 6.45) is -1.29. The van der Waals surface area contributed by atoms with E-state index in [0.29, 0.717) is 11.3 Å². The van der Waals surface area contributed by atoms with E-state index in [9.17, 15) is 9.90 Å². The lowest BCUT2D eigenvalue weighted by Gasteiger charge is -2.43. The van der Waals surface area contributed by atoms with Crippen molar-refractivity contribution in [3.8, 4) is 5.75 Å². The molecule has 0 amide bonds. The summed E-state index contributed by atoms with van der Waals surface area (Å²) >= 11 is 0. The quantitative estimate of drug-likeness (QED) is 0.725. The molecule has 0 radical (unpaired) electrons. The Morgan fingerprint density at radius 3 is 2.15 bits per heavy atom. The topological polar surface area (TPSA) is 55.8 Å². The van der Waals surface area contributed by atoms with Crippen molar-refractivity contribution in [1.29, 1.82) is 0 Å². The van der Waals surface area contributed by atoms with Crippen LogP contribution in [-0.4, -0.2) is 24.3 Å². The summed E-state index contributed by atoms with van der Waals surface area (Å²) in [6, 6.07) is 16.4. The van der Waals surface area contributed by atoms with Gasteiger partial charge in [0.05, 0.1) is 18.8 Å². The molecule has 1 N–H and O–H groups in total. The number of benzene rings is 2. The molecule has 4 nitrogen and oxygen atoms in total. The van der Waals surface area contributed by atoms with E-state index in [1.165, 1.54) is 0 Å². The standard InChI is InChI=1S/C23H30O4/c1-22(2,3)21(25)23(4,5)19(16-11-8-7-9-12-16)27-20(24)17-13-10-14-18(15-17)26-6/h7-15,19,21,25H,1-6H3. The molecule has 0 saturated heterocycles. The number of aliphatic hydroxyl groups excluding tert-OH is 1. The maximum absolute atomic E-state index is 12.9. The minimum Gasteiger partial charge on any atom is -0.497 e. The van der Waals surface area contributed by atoms with Gasteiger partial charge < -0.3 is 14.6 Å². The van der Waals surface area contributed by atoms with Gasteiger partial charge in [0.15, 0.2) is 0 Å². The first-order chi connectivity index (χ1) is 12.6. The molecule has 0 fully saturated rings. The Morgan fingerprint density at radius 2 is 1.59 bits per heavy atom. The zero-order chi connectivity index (χ0) is 20.2. The van der Waals surface area contributed by atoms with Crippen LogP contribution in [0.25, 0.3) is 0 Å². The molecule has 0 spiro atoms. The van der Waals surface area contributed by atoms with Crippen LogP contribution in [0.3, 0.4) is 0 Å². The lowest BCUT2D eigenvalue weighted by Crippen LogP contribution is -2.45. The van der Waals surface area contributed by atoms with E-state index in [0.717, 1.165) is 5.56 Å². The summed E-state index contributed by atoms with van der Waals surface area (Å²) in [5, 5.41) is 11.0. The predicted molar refractivity (Wildman–Crippen MR) is 107 cm³/mol. The first-order valence-corrected chi connectivity index (χ1v) is 9.15. The molecule has 0 aromatic heterocycles. The van der Waals surface area contributed by atoms with E-state index in [2.05, 4.69) is 0 Å².